The van der Waals surface area contributed by atoms with Gasteiger partial charge in [0.05, 0.1) is 11.7 Å². The molecule has 41 heavy (non-hydrogen) atoms. The number of carboxylic acid groups (broad SMARTS) is 1. The molecule has 0 radical (unpaired) electrons. The molecule has 5 atom stereocenters. The van der Waals surface area contributed by atoms with E-state index in [2.05, 4.69) is 19.1 Å². The molecule has 6 heteroatoms. The Hall–Kier alpha value is -4.45. The van der Waals surface area contributed by atoms with Gasteiger partial charge in [0.2, 0.25) is 11.7 Å². The molecule has 1 saturated carbocycles. The Morgan fingerprint density at radius 2 is 1.63 bits per heavy atom. The van der Waals surface area contributed by atoms with E-state index in [0.717, 1.165) is 29.9 Å². The fraction of sp³-hybridized carbons (Fsp3) is 0.286. The molecule has 1 aromatic heterocycles. The van der Waals surface area contributed by atoms with Crippen LogP contribution >= 0.6 is 0 Å². The number of carbonyl (C=O) groups excluding carboxylic acids is 1. The van der Waals surface area contributed by atoms with E-state index < -0.39 is 12.0 Å². The van der Waals surface area contributed by atoms with E-state index >= 15 is 0 Å². The fourth-order valence-electron chi connectivity index (χ4n) is 5.95. The molecule has 1 N–H and O–H groups in total. The molecule has 0 spiro atoms. The van der Waals surface area contributed by atoms with E-state index in [4.69, 9.17) is 9.73 Å². The van der Waals surface area contributed by atoms with Crippen molar-refractivity contribution in [2.45, 2.75) is 56.7 Å². The average Bonchev–Trinajstić information content (AvgIpc) is 3.44. The molecule has 4 aromatic rings. The number of ketones is 1. The number of aliphatic carboxylic acids is 1. The highest BCUT2D eigenvalue weighted by molar-refractivity contribution is 6.08. The van der Waals surface area contributed by atoms with E-state index in [1.54, 1.807) is 47.2 Å². The zero-order valence-corrected chi connectivity index (χ0v) is 23.1. The van der Waals surface area contributed by atoms with E-state index in [9.17, 15) is 14.7 Å². The van der Waals surface area contributed by atoms with Crippen molar-refractivity contribution >= 4 is 17.7 Å². The van der Waals surface area contributed by atoms with Crippen molar-refractivity contribution in [3.63, 3.8) is 0 Å². The fourth-order valence-corrected chi connectivity index (χ4v) is 5.95. The van der Waals surface area contributed by atoms with Gasteiger partial charge in [-0.15, -0.1) is 0 Å². The maximum Gasteiger partial charge on any atom is 0.327 e. The van der Waals surface area contributed by atoms with Gasteiger partial charge in [-0.1, -0.05) is 72.8 Å². The van der Waals surface area contributed by atoms with Crippen LogP contribution in [0.15, 0.2) is 108 Å². The highest BCUT2D eigenvalue weighted by atomic mass is 16.5. The molecular formula is C35H34N2O4. The quantitative estimate of drug-likeness (QED) is 0.212. The molecule has 5 unspecified atom stereocenters. The molecule has 1 fully saturated rings. The summed E-state index contributed by atoms with van der Waals surface area (Å²) >= 11 is 0. The van der Waals surface area contributed by atoms with Crippen LogP contribution in [0.5, 0.6) is 0 Å². The minimum absolute atomic E-state index is 0.0904. The topological polar surface area (TPSA) is 80.9 Å². The van der Waals surface area contributed by atoms with Crippen molar-refractivity contribution in [3.05, 3.63) is 131 Å². The number of carboxylic acids is 1. The summed E-state index contributed by atoms with van der Waals surface area (Å²) in [6.07, 6.45) is 5.37. The second kappa shape index (κ2) is 11.6. The van der Waals surface area contributed by atoms with Crippen LogP contribution in [0.3, 0.4) is 0 Å². The van der Waals surface area contributed by atoms with Crippen LogP contribution in [-0.2, 0) is 16.0 Å². The summed E-state index contributed by atoms with van der Waals surface area (Å²) < 4.78 is 7.63. The average molecular weight is 547 g/mol. The normalized spacial score (nSPS) is 22.0. The molecule has 2 heterocycles. The number of nitrogens with zero attached hydrogens (tertiary/aromatic N) is 2. The number of ether oxygens (including phenoxy) is 1. The Morgan fingerprint density at radius 1 is 0.927 bits per heavy atom. The lowest BCUT2D eigenvalue weighted by Crippen LogP contribution is -2.24. The number of carbonyl (C=O) groups is 2. The van der Waals surface area contributed by atoms with Crippen LogP contribution < -0.4 is 0 Å². The van der Waals surface area contributed by atoms with E-state index in [0.29, 0.717) is 29.5 Å². The zero-order valence-electron chi connectivity index (χ0n) is 23.1. The van der Waals surface area contributed by atoms with Gasteiger partial charge in [-0.2, -0.15) is 0 Å². The zero-order chi connectivity index (χ0) is 28.3. The maximum absolute atomic E-state index is 13.1. The van der Waals surface area contributed by atoms with Crippen molar-refractivity contribution in [2.75, 3.05) is 0 Å². The Labute approximate surface area is 240 Å². The van der Waals surface area contributed by atoms with E-state index in [1.165, 1.54) is 12.0 Å². The largest absolute Gasteiger partial charge is 0.480 e. The minimum atomic E-state index is -0.960. The lowest BCUT2D eigenvalue weighted by Gasteiger charge is -2.18. The van der Waals surface area contributed by atoms with E-state index in [-0.39, 0.29) is 17.9 Å². The lowest BCUT2D eigenvalue weighted by atomic mass is 9.99. The number of aromatic nitrogens is 1. The third kappa shape index (κ3) is 5.87. The summed E-state index contributed by atoms with van der Waals surface area (Å²) in [7, 11) is 0. The molecule has 1 aliphatic heterocycles. The monoisotopic (exact) mass is 546 g/mol. The van der Waals surface area contributed by atoms with Gasteiger partial charge in [0.1, 0.15) is 12.1 Å². The van der Waals surface area contributed by atoms with Gasteiger partial charge in [-0.05, 0) is 73.4 Å². The van der Waals surface area contributed by atoms with Gasteiger partial charge >= 0.3 is 5.97 Å². The molecule has 0 bridgehead atoms. The number of benzene rings is 3. The van der Waals surface area contributed by atoms with Crippen molar-refractivity contribution in [3.8, 4) is 0 Å². The highest BCUT2D eigenvalue weighted by Crippen LogP contribution is 2.50. The molecular weight excluding hydrogens is 512 g/mol. The summed E-state index contributed by atoms with van der Waals surface area (Å²) in [6, 6.07) is 30.1. The number of hydrogen-bond donors (Lipinski definition) is 1. The molecule has 0 amide bonds. The van der Waals surface area contributed by atoms with Crippen molar-refractivity contribution in [1.82, 2.24) is 4.57 Å². The Bertz CT molecular complexity index is 1540. The predicted molar refractivity (Wildman–Crippen MR) is 159 cm³/mol. The summed E-state index contributed by atoms with van der Waals surface area (Å²) in [6.45, 7) is 2.10. The molecule has 1 aliphatic carbocycles. The van der Waals surface area contributed by atoms with Gasteiger partial charge < -0.3 is 14.4 Å². The SMILES string of the molecule is CC1OC(c2ccccc2)=NC1CCC1CC1c1ccc(CC(C(=O)O)n2cccc2C(=O)c2ccccc2)cc1. The molecule has 208 valence electrons. The van der Waals surface area contributed by atoms with Crippen molar-refractivity contribution in [1.29, 1.82) is 0 Å². The van der Waals surface area contributed by atoms with Crippen LogP contribution in [0.2, 0.25) is 0 Å². The number of rotatable bonds is 11. The van der Waals surface area contributed by atoms with Crippen LogP contribution in [-0.4, -0.2) is 39.5 Å². The van der Waals surface area contributed by atoms with E-state index in [1.807, 2.05) is 48.5 Å². The second-order valence-electron chi connectivity index (χ2n) is 11.2. The van der Waals surface area contributed by atoms with Gasteiger partial charge in [-0.25, -0.2) is 9.79 Å². The van der Waals surface area contributed by atoms with Gasteiger partial charge in [0.15, 0.2) is 0 Å². The number of aliphatic imine (C=N–C) groups is 1. The van der Waals surface area contributed by atoms with Gasteiger partial charge in [-0.3, -0.25) is 4.79 Å². The minimum Gasteiger partial charge on any atom is -0.480 e. The van der Waals surface area contributed by atoms with Crippen LogP contribution in [0, 0.1) is 5.92 Å². The molecule has 2 aliphatic rings. The molecule has 6 rings (SSSR count). The Kier molecular flexibility index (Phi) is 7.55. The summed E-state index contributed by atoms with van der Waals surface area (Å²) in [4.78, 5) is 30.2. The first-order valence-corrected chi connectivity index (χ1v) is 14.4. The lowest BCUT2D eigenvalue weighted by molar-refractivity contribution is -0.140. The van der Waals surface area contributed by atoms with Crippen molar-refractivity contribution in [2.24, 2.45) is 10.9 Å². The Morgan fingerprint density at radius 3 is 2.34 bits per heavy atom. The summed E-state index contributed by atoms with van der Waals surface area (Å²) in [5.74, 6) is 0.786. The van der Waals surface area contributed by atoms with Crippen LogP contribution in [0.4, 0.5) is 0 Å². The van der Waals surface area contributed by atoms with Gasteiger partial charge in [0.25, 0.3) is 0 Å². The molecule has 6 nitrogen and oxygen atoms in total. The summed E-state index contributed by atoms with van der Waals surface area (Å²) in [5.41, 5.74) is 4.19. The third-order valence-corrected chi connectivity index (χ3v) is 8.40. The predicted octanol–water partition coefficient (Wildman–Crippen LogP) is 6.71. The Balaban J connectivity index is 1.06. The van der Waals surface area contributed by atoms with Crippen LogP contribution in [0.1, 0.15) is 70.9 Å². The maximum atomic E-state index is 13.1. The summed E-state index contributed by atoms with van der Waals surface area (Å²) in [5, 5.41) is 10.1. The third-order valence-electron chi connectivity index (χ3n) is 8.40. The first-order valence-electron chi connectivity index (χ1n) is 14.4. The highest BCUT2D eigenvalue weighted by Gasteiger charge is 2.39. The van der Waals surface area contributed by atoms with Gasteiger partial charge in [0, 0.05) is 23.7 Å². The second-order valence-corrected chi connectivity index (χ2v) is 11.2. The number of hydrogen-bond acceptors (Lipinski definition) is 4. The van der Waals surface area contributed by atoms with Crippen LogP contribution in [0.25, 0.3) is 0 Å². The van der Waals surface area contributed by atoms with Crippen molar-refractivity contribution < 1.29 is 19.4 Å². The first-order chi connectivity index (χ1) is 20.0. The smallest absolute Gasteiger partial charge is 0.327 e. The molecule has 0 saturated heterocycles. The standard InChI is InChI=1S/C35H34N2O4/c1-23-30(36-34(41-23)27-11-6-3-7-12-27)19-18-28-22-29(28)25-16-14-24(15-17-25)21-32(35(39)40)37-20-8-13-31(37)33(38)26-9-4-2-5-10-26/h2-17,20,23,28-30,32H,18-19,21-22H2,1H3,(H,39,40). The molecule has 3 aromatic carbocycles. The first kappa shape index (κ1) is 26.8.